The van der Waals surface area contributed by atoms with E-state index >= 15 is 0 Å². The van der Waals surface area contributed by atoms with Crippen molar-refractivity contribution in [1.29, 1.82) is 0 Å². The minimum absolute atomic E-state index is 0.161. The van der Waals surface area contributed by atoms with Crippen LogP contribution >= 0.6 is 0 Å². The summed E-state index contributed by atoms with van der Waals surface area (Å²) < 4.78 is 55.5. The van der Waals surface area contributed by atoms with E-state index < -0.39 is 31.0 Å². The Kier molecular flexibility index (Phi) is 5.28. The van der Waals surface area contributed by atoms with Crippen molar-refractivity contribution in [2.24, 2.45) is 0 Å². The van der Waals surface area contributed by atoms with E-state index in [0.717, 1.165) is 5.56 Å². The Bertz CT molecular complexity index is 946. The highest BCUT2D eigenvalue weighted by atomic mass is 32.2. The van der Waals surface area contributed by atoms with Crippen LogP contribution in [0.15, 0.2) is 52.0 Å². The van der Waals surface area contributed by atoms with Crippen molar-refractivity contribution in [2.45, 2.75) is 42.5 Å². The molecule has 3 rings (SSSR count). The summed E-state index contributed by atoms with van der Waals surface area (Å²) >= 11 is 0. The van der Waals surface area contributed by atoms with Gasteiger partial charge in [-0.3, -0.25) is 0 Å². The van der Waals surface area contributed by atoms with Gasteiger partial charge in [-0.25, -0.2) is 16.8 Å². The van der Waals surface area contributed by atoms with Gasteiger partial charge in [0, 0.05) is 6.04 Å². The van der Waals surface area contributed by atoms with Gasteiger partial charge in [-0.1, -0.05) is 26.0 Å². The molecule has 0 unspecified atom stereocenters. The lowest BCUT2D eigenvalue weighted by Gasteiger charge is -2.20. The molecule has 0 amide bonds. The van der Waals surface area contributed by atoms with Crippen molar-refractivity contribution >= 4 is 19.7 Å². The lowest BCUT2D eigenvalue weighted by Crippen LogP contribution is -2.42. The largest absolute Gasteiger partial charge is 0.468 e. The predicted octanol–water partition coefficient (Wildman–Crippen LogP) is 2.13. The molecule has 2 atom stereocenters. The zero-order valence-electron chi connectivity index (χ0n) is 14.8. The Morgan fingerprint density at radius 1 is 1.15 bits per heavy atom. The van der Waals surface area contributed by atoms with Crippen LogP contribution < -0.4 is 5.32 Å². The van der Waals surface area contributed by atoms with E-state index in [1.165, 1.54) is 6.26 Å². The quantitative estimate of drug-likeness (QED) is 0.803. The average Bonchev–Trinajstić information content (AvgIpc) is 3.20. The van der Waals surface area contributed by atoms with Gasteiger partial charge in [-0.15, -0.1) is 0 Å². The van der Waals surface area contributed by atoms with Crippen molar-refractivity contribution in [3.8, 4) is 0 Å². The van der Waals surface area contributed by atoms with Crippen molar-refractivity contribution in [3.63, 3.8) is 0 Å². The summed E-state index contributed by atoms with van der Waals surface area (Å²) in [6.07, 6.45) is 1.52. The van der Waals surface area contributed by atoms with Gasteiger partial charge < -0.3 is 9.73 Å². The standard InChI is InChI=1S/C18H23NO5S2/c1-13(2)14-5-7-16(8-6-14)26(22,23)18-12-25(20,21)11-17(18)19-10-15-4-3-9-24-15/h3-9,13,17-19H,10-12H2,1-2H3/t17-,18-/m0/s1. The fraction of sp³-hybridized carbons (Fsp3) is 0.444. The summed E-state index contributed by atoms with van der Waals surface area (Å²) in [7, 11) is -7.19. The van der Waals surface area contributed by atoms with Crippen LogP contribution in [0.1, 0.15) is 31.1 Å². The Morgan fingerprint density at radius 2 is 1.85 bits per heavy atom. The van der Waals surface area contributed by atoms with Crippen LogP contribution in [0.25, 0.3) is 0 Å². The molecule has 142 valence electrons. The molecule has 2 aromatic rings. The van der Waals surface area contributed by atoms with Crippen molar-refractivity contribution in [3.05, 3.63) is 54.0 Å². The van der Waals surface area contributed by atoms with Crippen LogP contribution in [0.4, 0.5) is 0 Å². The number of nitrogens with one attached hydrogen (secondary N) is 1. The van der Waals surface area contributed by atoms with Crippen LogP contribution in [-0.4, -0.2) is 39.6 Å². The van der Waals surface area contributed by atoms with E-state index in [9.17, 15) is 16.8 Å². The molecule has 0 radical (unpaired) electrons. The lowest BCUT2D eigenvalue weighted by molar-refractivity contribution is 0.454. The minimum atomic E-state index is -3.76. The summed E-state index contributed by atoms with van der Waals surface area (Å²) in [6.45, 7) is 4.34. The molecular formula is C18H23NO5S2. The predicted molar refractivity (Wildman–Crippen MR) is 99.5 cm³/mol. The fourth-order valence-corrected chi connectivity index (χ4v) is 7.89. The van der Waals surface area contributed by atoms with Crippen LogP contribution in [-0.2, 0) is 26.2 Å². The summed E-state index contributed by atoms with van der Waals surface area (Å²) in [4.78, 5) is 0.161. The van der Waals surface area contributed by atoms with Gasteiger partial charge in [-0.05, 0) is 35.7 Å². The third kappa shape index (κ3) is 4.02. The first-order chi connectivity index (χ1) is 12.2. The monoisotopic (exact) mass is 397 g/mol. The van der Waals surface area contributed by atoms with E-state index in [4.69, 9.17) is 4.42 Å². The van der Waals surface area contributed by atoms with Gasteiger partial charge in [-0.2, -0.15) is 0 Å². The molecular weight excluding hydrogens is 374 g/mol. The molecule has 8 heteroatoms. The van der Waals surface area contributed by atoms with Gasteiger partial charge in [0.05, 0.1) is 34.5 Å². The van der Waals surface area contributed by atoms with E-state index in [2.05, 4.69) is 5.32 Å². The normalized spacial score (nSPS) is 22.7. The molecule has 0 bridgehead atoms. The third-order valence-electron chi connectivity index (χ3n) is 4.69. The van der Waals surface area contributed by atoms with E-state index in [-0.39, 0.29) is 22.9 Å². The third-order valence-corrected chi connectivity index (χ3v) is 8.86. The molecule has 0 saturated carbocycles. The average molecular weight is 398 g/mol. The molecule has 1 N–H and O–H groups in total. The summed E-state index contributed by atoms with van der Waals surface area (Å²) in [5, 5.41) is 2.04. The van der Waals surface area contributed by atoms with Crippen LogP contribution in [0, 0.1) is 0 Å². The zero-order valence-corrected chi connectivity index (χ0v) is 16.4. The van der Waals surface area contributed by atoms with E-state index in [1.807, 2.05) is 13.8 Å². The summed E-state index contributed by atoms with van der Waals surface area (Å²) in [5.74, 6) is 0.367. The Morgan fingerprint density at radius 3 is 2.42 bits per heavy atom. The van der Waals surface area contributed by atoms with Gasteiger partial charge in [0.1, 0.15) is 5.76 Å². The number of hydrogen-bond acceptors (Lipinski definition) is 6. The number of hydrogen-bond donors (Lipinski definition) is 1. The van der Waals surface area contributed by atoms with Gasteiger partial charge in [0.15, 0.2) is 19.7 Å². The highest BCUT2D eigenvalue weighted by Gasteiger charge is 2.45. The van der Waals surface area contributed by atoms with E-state index in [0.29, 0.717) is 11.7 Å². The molecule has 1 aromatic carbocycles. The van der Waals surface area contributed by atoms with Crippen LogP contribution in [0.3, 0.4) is 0 Å². The SMILES string of the molecule is CC(C)c1ccc(S(=O)(=O)[C@H]2CS(=O)(=O)C[C@@H]2NCc2ccco2)cc1. The number of sulfone groups is 2. The fourth-order valence-electron chi connectivity index (χ4n) is 3.17. The molecule has 1 aliphatic heterocycles. The van der Waals surface area contributed by atoms with Crippen molar-refractivity contribution in [2.75, 3.05) is 11.5 Å². The first kappa shape index (κ1) is 19.1. The van der Waals surface area contributed by atoms with Crippen molar-refractivity contribution < 1.29 is 21.3 Å². The molecule has 0 aliphatic carbocycles. The highest BCUT2D eigenvalue weighted by Crippen LogP contribution is 2.27. The first-order valence-electron chi connectivity index (χ1n) is 8.49. The molecule has 1 fully saturated rings. The molecule has 6 nitrogen and oxygen atoms in total. The zero-order chi connectivity index (χ0) is 18.9. The Labute approximate surface area is 154 Å². The second kappa shape index (κ2) is 7.17. The number of furan rings is 1. The second-order valence-corrected chi connectivity index (χ2v) is 11.3. The van der Waals surface area contributed by atoms with Gasteiger partial charge in [0.2, 0.25) is 0 Å². The van der Waals surface area contributed by atoms with Crippen LogP contribution in [0.2, 0.25) is 0 Å². The Balaban J connectivity index is 1.85. The molecule has 26 heavy (non-hydrogen) atoms. The van der Waals surface area contributed by atoms with Gasteiger partial charge in [0.25, 0.3) is 0 Å². The lowest BCUT2D eigenvalue weighted by atomic mass is 10.0. The minimum Gasteiger partial charge on any atom is -0.468 e. The number of benzene rings is 1. The maximum absolute atomic E-state index is 13.0. The molecule has 1 saturated heterocycles. The second-order valence-electron chi connectivity index (χ2n) is 6.95. The highest BCUT2D eigenvalue weighted by molar-refractivity contribution is 7.96. The molecule has 0 spiro atoms. The van der Waals surface area contributed by atoms with Crippen LogP contribution in [0.5, 0.6) is 0 Å². The maximum atomic E-state index is 13.0. The molecule has 1 aliphatic rings. The van der Waals surface area contributed by atoms with Gasteiger partial charge >= 0.3 is 0 Å². The number of rotatable bonds is 6. The first-order valence-corrected chi connectivity index (χ1v) is 11.9. The van der Waals surface area contributed by atoms with Crippen molar-refractivity contribution in [1.82, 2.24) is 5.32 Å². The topological polar surface area (TPSA) is 93.5 Å². The Hall–Kier alpha value is -1.64. The smallest absolute Gasteiger partial charge is 0.183 e. The summed E-state index contributed by atoms with van der Waals surface area (Å²) in [5.41, 5.74) is 1.04. The summed E-state index contributed by atoms with van der Waals surface area (Å²) in [6, 6.07) is 9.52. The molecule has 1 aromatic heterocycles. The maximum Gasteiger partial charge on any atom is 0.183 e. The van der Waals surface area contributed by atoms with E-state index in [1.54, 1.807) is 36.4 Å². The molecule has 2 heterocycles.